The van der Waals surface area contributed by atoms with E-state index in [1.165, 1.54) is 0 Å². The summed E-state index contributed by atoms with van der Waals surface area (Å²) in [6.45, 7) is 6.64. The van der Waals surface area contributed by atoms with Gasteiger partial charge >= 0.3 is 0 Å². The molecule has 0 spiro atoms. The molecule has 1 N–H and O–H groups in total. The fourth-order valence-electron chi connectivity index (χ4n) is 2.65. The Bertz CT molecular complexity index is 445. The summed E-state index contributed by atoms with van der Waals surface area (Å²) in [6.07, 6.45) is 4.74. The highest BCUT2D eigenvalue weighted by atomic mass is 16.5. The first-order chi connectivity index (χ1) is 10.2. The first-order valence-corrected chi connectivity index (χ1v) is 7.99. The minimum atomic E-state index is -0.398. The van der Waals surface area contributed by atoms with Gasteiger partial charge in [-0.2, -0.15) is 0 Å². The summed E-state index contributed by atoms with van der Waals surface area (Å²) >= 11 is 0. The standard InChI is InChI=1S/C16H27N3O2/c1-4-6-13-12-14(17-9-5-2)19-15(18-13)16(20-3)7-10-21-11-8-16/h12H,4-11H2,1-3H3,(H,17,18,19). The fraction of sp³-hybridized carbons (Fsp3) is 0.750. The zero-order chi connectivity index (χ0) is 15.1. The molecule has 1 saturated heterocycles. The highest BCUT2D eigenvalue weighted by Crippen LogP contribution is 2.34. The third kappa shape index (κ3) is 3.92. The molecule has 0 aliphatic carbocycles. The van der Waals surface area contributed by atoms with E-state index >= 15 is 0 Å². The summed E-state index contributed by atoms with van der Waals surface area (Å²) in [7, 11) is 1.75. The Labute approximate surface area is 127 Å². The van der Waals surface area contributed by atoms with Crippen LogP contribution in [0.5, 0.6) is 0 Å². The summed E-state index contributed by atoms with van der Waals surface area (Å²) in [5.74, 6) is 1.71. The van der Waals surface area contributed by atoms with Gasteiger partial charge in [0.2, 0.25) is 0 Å². The Hall–Kier alpha value is -1.20. The lowest BCUT2D eigenvalue weighted by atomic mass is 9.93. The number of methoxy groups -OCH3 is 1. The van der Waals surface area contributed by atoms with Gasteiger partial charge in [-0.15, -0.1) is 0 Å². The Balaban J connectivity index is 2.32. The molecule has 0 unspecified atom stereocenters. The number of aryl methyl sites for hydroxylation is 1. The molecule has 0 amide bonds. The average molecular weight is 293 g/mol. The molecule has 0 aromatic carbocycles. The maximum atomic E-state index is 5.82. The van der Waals surface area contributed by atoms with E-state index in [9.17, 15) is 0 Å². The fourth-order valence-corrected chi connectivity index (χ4v) is 2.65. The lowest BCUT2D eigenvalue weighted by Gasteiger charge is -2.34. The number of nitrogens with zero attached hydrogens (tertiary/aromatic N) is 2. The lowest BCUT2D eigenvalue weighted by molar-refractivity contribution is -0.1000. The van der Waals surface area contributed by atoms with Crippen LogP contribution in [0.1, 0.15) is 51.0 Å². The average Bonchev–Trinajstić information content (AvgIpc) is 2.53. The van der Waals surface area contributed by atoms with Crippen LogP contribution in [0.25, 0.3) is 0 Å². The second-order valence-corrected chi connectivity index (χ2v) is 5.56. The lowest BCUT2D eigenvalue weighted by Crippen LogP contribution is -2.37. The second-order valence-electron chi connectivity index (χ2n) is 5.56. The predicted octanol–water partition coefficient (Wildman–Crippen LogP) is 2.90. The monoisotopic (exact) mass is 293 g/mol. The smallest absolute Gasteiger partial charge is 0.163 e. The number of hydrogen-bond acceptors (Lipinski definition) is 5. The summed E-state index contributed by atoms with van der Waals surface area (Å²) in [5, 5.41) is 3.38. The van der Waals surface area contributed by atoms with E-state index in [2.05, 4.69) is 25.2 Å². The Morgan fingerprint density at radius 2 is 2.00 bits per heavy atom. The van der Waals surface area contributed by atoms with Crippen LogP contribution in [0, 0.1) is 0 Å². The number of anilines is 1. The van der Waals surface area contributed by atoms with Crippen molar-refractivity contribution < 1.29 is 9.47 Å². The van der Waals surface area contributed by atoms with Crippen molar-refractivity contribution in [3.63, 3.8) is 0 Å². The van der Waals surface area contributed by atoms with E-state index < -0.39 is 5.60 Å². The second kappa shape index (κ2) is 7.71. The van der Waals surface area contributed by atoms with E-state index in [0.717, 1.165) is 56.0 Å². The van der Waals surface area contributed by atoms with Crippen molar-refractivity contribution in [3.8, 4) is 0 Å². The topological polar surface area (TPSA) is 56.3 Å². The van der Waals surface area contributed by atoms with Crippen molar-refractivity contribution in [2.45, 2.75) is 51.6 Å². The molecule has 2 rings (SSSR count). The molecule has 0 atom stereocenters. The van der Waals surface area contributed by atoms with Crippen LogP contribution < -0.4 is 5.32 Å². The zero-order valence-electron chi connectivity index (χ0n) is 13.4. The maximum absolute atomic E-state index is 5.82. The molecular weight excluding hydrogens is 266 g/mol. The molecule has 0 radical (unpaired) electrons. The van der Waals surface area contributed by atoms with Gasteiger partial charge in [0.25, 0.3) is 0 Å². The van der Waals surface area contributed by atoms with Gasteiger partial charge in [-0.25, -0.2) is 9.97 Å². The molecule has 5 nitrogen and oxygen atoms in total. The molecule has 118 valence electrons. The Morgan fingerprint density at radius 3 is 2.62 bits per heavy atom. The van der Waals surface area contributed by atoms with E-state index in [-0.39, 0.29) is 0 Å². The van der Waals surface area contributed by atoms with Gasteiger partial charge in [0.1, 0.15) is 11.4 Å². The van der Waals surface area contributed by atoms with Gasteiger partial charge in [0.15, 0.2) is 5.82 Å². The van der Waals surface area contributed by atoms with Crippen LogP contribution in [0.3, 0.4) is 0 Å². The van der Waals surface area contributed by atoms with Crippen molar-refractivity contribution in [3.05, 3.63) is 17.6 Å². The summed E-state index contributed by atoms with van der Waals surface area (Å²) in [5.41, 5.74) is 0.689. The quantitative estimate of drug-likeness (QED) is 0.837. The molecule has 0 bridgehead atoms. The van der Waals surface area contributed by atoms with Crippen molar-refractivity contribution in [2.75, 3.05) is 32.2 Å². The molecule has 0 saturated carbocycles. The van der Waals surface area contributed by atoms with Crippen LogP contribution >= 0.6 is 0 Å². The minimum absolute atomic E-state index is 0.398. The van der Waals surface area contributed by atoms with E-state index in [1.54, 1.807) is 7.11 Å². The number of nitrogens with one attached hydrogen (secondary N) is 1. The number of aromatic nitrogens is 2. The van der Waals surface area contributed by atoms with E-state index in [0.29, 0.717) is 13.2 Å². The Kier molecular flexibility index (Phi) is 5.94. The Morgan fingerprint density at radius 1 is 1.24 bits per heavy atom. The van der Waals surface area contributed by atoms with Gasteiger partial charge in [0, 0.05) is 51.5 Å². The van der Waals surface area contributed by atoms with Crippen LogP contribution in [0.15, 0.2) is 6.07 Å². The summed E-state index contributed by atoms with van der Waals surface area (Å²) < 4.78 is 11.3. The largest absolute Gasteiger partial charge is 0.381 e. The van der Waals surface area contributed by atoms with Crippen molar-refractivity contribution in [1.29, 1.82) is 0 Å². The number of rotatable bonds is 7. The van der Waals surface area contributed by atoms with Gasteiger partial charge in [0.05, 0.1) is 0 Å². The molecular formula is C16H27N3O2. The van der Waals surface area contributed by atoms with Gasteiger partial charge in [-0.3, -0.25) is 0 Å². The first kappa shape index (κ1) is 16.2. The molecule has 1 aliphatic heterocycles. The van der Waals surface area contributed by atoms with Gasteiger partial charge < -0.3 is 14.8 Å². The van der Waals surface area contributed by atoms with Gasteiger partial charge in [-0.1, -0.05) is 20.3 Å². The number of ether oxygens (including phenoxy) is 2. The highest BCUT2D eigenvalue weighted by molar-refractivity contribution is 5.37. The maximum Gasteiger partial charge on any atom is 0.163 e. The van der Waals surface area contributed by atoms with Gasteiger partial charge in [-0.05, 0) is 12.8 Å². The zero-order valence-corrected chi connectivity index (χ0v) is 13.4. The van der Waals surface area contributed by atoms with Crippen molar-refractivity contribution in [2.24, 2.45) is 0 Å². The van der Waals surface area contributed by atoms with Crippen LogP contribution in [-0.4, -0.2) is 36.8 Å². The molecule has 1 fully saturated rings. The predicted molar refractivity (Wildman–Crippen MR) is 83.5 cm³/mol. The molecule has 21 heavy (non-hydrogen) atoms. The molecule has 1 aromatic heterocycles. The van der Waals surface area contributed by atoms with E-state index in [1.807, 2.05) is 0 Å². The van der Waals surface area contributed by atoms with E-state index in [4.69, 9.17) is 19.4 Å². The minimum Gasteiger partial charge on any atom is -0.381 e. The normalized spacial score (nSPS) is 17.7. The van der Waals surface area contributed by atoms with Crippen LogP contribution in [0.4, 0.5) is 5.82 Å². The molecule has 1 aliphatic rings. The third-order valence-electron chi connectivity index (χ3n) is 3.94. The van der Waals surface area contributed by atoms with Crippen molar-refractivity contribution >= 4 is 5.82 Å². The van der Waals surface area contributed by atoms with Crippen LogP contribution in [-0.2, 0) is 21.5 Å². The SMILES string of the molecule is CCCNc1cc(CCC)nc(C2(OC)CCOCC2)n1. The first-order valence-electron chi connectivity index (χ1n) is 7.99. The summed E-state index contributed by atoms with van der Waals surface area (Å²) in [6, 6.07) is 2.06. The molecule has 2 heterocycles. The van der Waals surface area contributed by atoms with Crippen molar-refractivity contribution in [1.82, 2.24) is 9.97 Å². The highest BCUT2D eigenvalue weighted by Gasteiger charge is 2.37. The third-order valence-corrected chi connectivity index (χ3v) is 3.94. The molecule has 5 heteroatoms. The number of hydrogen-bond donors (Lipinski definition) is 1. The molecule has 1 aromatic rings. The summed E-state index contributed by atoms with van der Waals surface area (Å²) in [4.78, 5) is 9.48. The van der Waals surface area contributed by atoms with Crippen LogP contribution in [0.2, 0.25) is 0 Å².